The van der Waals surface area contributed by atoms with Gasteiger partial charge in [0.1, 0.15) is 0 Å². The van der Waals surface area contributed by atoms with Crippen molar-refractivity contribution in [2.75, 3.05) is 6.26 Å². The van der Waals surface area contributed by atoms with Gasteiger partial charge in [-0.1, -0.05) is 6.08 Å². The lowest BCUT2D eigenvalue weighted by Gasteiger charge is -1.95. The van der Waals surface area contributed by atoms with Crippen LogP contribution in [0.4, 0.5) is 0 Å². The fourth-order valence-corrected chi connectivity index (χ4v) is 1.16. The third-order valence-corrected chi connectivity index (χ3v) is 2.00. The van der Waals surface area contributed by atoms with Crippen LogP contribution >= 0.6 is 0 Å². The number of nitrogens with one attached hydrogen (secondary N) is 1. The van der Waals surface area contributed by atoms with Crippen LogP contribution in [0.3, 0.4) is 0 Å². The van der Waals surface area contributed by atoms with Gasteiger partial charge in [-0.2, -0.15) is 0 Å². The molecule has 4 nitrogen and oxygen atoms in total. The minimum absolute atomic E-state index is 0.482. The molecule has 12 heavy (non-hydrogen) atoms. The van der Waals surface area contributed by atoms with E-state index < -0.39 is 15.9 Å². The van der Waals surface area contributed by atoms with E-state index in [4.69, 9.17) is 0 Å². The minimum atomic E-state index is -3.40. The van der Waals surface area contributed by atoms with E-state index in [2.05, 4.69) is 0 Å². The predicted molar refractivity (Wildman–Crippen MR) is 44.9 cm³/mol. The first-order chi connectivity index (χ1) is 5.47. The van der Waals surface area contributed by atoms with E-state index in [9.17, 15) is 13.2 Å². The second-order valence-electron chi connectivity index (χ2n) is 2.94. The van der Waals surface area contributed by atoms with Gasteiger partial charge in [-0.15, -0.1) is 0 Å². The molecule has 0 aromatic rings. The fourth-order valence-electron chi connectivity index (χ4n) is 0.729. The largest absolute Gasteiger partial charge is 0.269 e. The maximum Gasteiger partial charge on any atom is 0.257 e. The molecular weight excluding hydrogens is 178 g/mol. The van der Waals surface area contributed by atoms with Crippen LogP contribution in [0.2, 0.25) is 0 Å². The summed E-state index contributed by atoms with van der Waals surface area (Å²) >= 11 is 0. The normalized spacial score (nSPS) is 18.1. The van der Waals surface area contributed by atoms with Crippen LogP contribution in [0.15, 0.2) is 12.2 Å². The quantitative estimate of drug-likeness (QED) is 0.637. The van der Waals surface area contributed by atoms with Crippen LogP contribution in [-0.4, -0.2) is 20.6 Å². The molecule has 1 N–H and O–H groups in total. The van der Waals surface area contributed by atoms with Crippen LogP contribution in [0.25, 0.3) is 0 Å². The van der Waals surface area contributed by atoms with Gasteiger partial charge in [0.15, 0.2) is 0 Å². The zero-order chi connectivity index (χ0) is 9.19. The monoisotopic (exact) mass is 189 g/mol. The molecular formula is C7H11NO3S. The van der Waals surface area contributed by atoms with Gasteiger partial charge in [0.05, 0.1) is 6.26 Å². The summed E-state index contributed by atoms with van der Waals surface area (Å²) in [5.74, 6) is -0.0836. The molecule has 1 saturated carbocycles. The molecule has 1 fully saturated rings. The van der Waals surface area contributed by atoms with Crippen molar-refractivity contribution in [3.8, 4) is 0 Å². The topological polar surface area (TPSA) is 63.2 Å². The molecule has 1 rings (SSSR count). The zero-order valence-electron chi connectivity index (χ0n) is 6.78. The molecule has 0 unspecified atom stereocenters. The van der Waals surface area contributed by atoms with Gasteiger partial charge in [-0.3, -0.25) is 4.79 Å². The first-order valence-corrected chi connectivity index (χ1v) is 5.56. The first-order valence-electron chi connectivity index (χ1n) is 3.67. The number of carbonyl (C=O) groups excluding carboxylic acids is 1. The minimum Gasteiger partial charge on any atom is -0.269 e. The highest BCUT2D eigenvalue weighted by atomic mass is 32.2. The van der Waals surface area contributed by atoms with E-state index in [1.807, 2.05) is 4.72 Å². The summed E-state index contributed by atoms with van der Waals surface area (Å²) in [5.41, 5.74) is 0. The van der Waals surface area contributed by atoms with Gasteiger partial charge in [0.25, 0.3) is 5.91 Å². The molecule has 0 bridgehead atoms. The molecule has 68 valence electrons. The summed E-state index contributed by atoms with van der Waals surface area (Å²) in [7, 11) is -3.40. The number of allylic oxidation sites excluding steroid dienone is 1. The number of amides is 1. The van der Waals surface area contributed by atoms with E-state index in [0.29, 0.717) is 5.92 Å². The molecule has 1 aliphatic carbocycles. The van der Waals surface area contributed by atoms with E-state index in [1.165, 1.54) is 6.08 Å². The van der Waals surface area contributed by atoms with Crippen molar-refractivity contribution >= 4 is 15.9 Å². The molecule has 0 aliphatic heterocycles. The van der Waals surface area contributed by atoms with Crippen LogP contribution in [0.5, 0.6) is 0 Å². The number of hydrogen-bond donors (Lipinski definition) is 1. The Bertz CT molecular complexity index is 301. The first kappa shape index (κ1) is 9.25. The Balaban J connectivity index is 2.38. The Hall–Kier alpha value is -0.840. The van der Waals surface area contributed by atoms with Crippen molar-refractivity contribution < 1.29 is 13.2 Å². The average Bonchev–Trinajstić information content (AvgIpc) is 2.61. The van der Waals surface area contributed by atoms with Crippen LogP contribution in [0, 0.1) is 5.92 Å². The lowest BCUT2D eigenvalue weighted by atomic mass is 10.4. The Kier molecular flexibility index (Phi) is 2.52. The van der Waals surface area contributed by atoms with E-state index in [0.717, 1.165) is 19.1 Å². The summed E-state index contributed by atoms with van der Waals surface area (Å²) in [5, 5.41) is 0. The Labute approximate surface area is 71.7 Å². The molecule has 0 saturated heterocycles. The standard InChI is InChI=1S/C7H11NO3S/c1-12(10,11)8-7(9)5-4-6-2-3-6/h4-6H,2-3H2,1H3,(H,8,9)/b5-4+. The third kappa shape index (κ3) is 4.12. The molecule has 1 amide bonds. The SMILES string of the molecule is CS(=O)(=O)NC(=O)/C=C/C1CC1. The smallest absolute Gasteiger partial charge is 0.257 e. The highest BCUT2D eigenvalue weighted by Crippen LogP contribution is 2.29. The number of carbonyl (C=O) groups is 1. The van der Waals surface area contributed by atoms with Crippen molar-refractivity contribution in [1.82, 2.24) is 4.72 Å². The average molecular weight is 189 g/mol. The number of sulfonamides is 1. The highest BCUT2D eigenvalue weighted by Gasteiger charge is 2.17. The van der Waals surface area contributed by atoms with Crippen LogP contribution < -0.4 is 4.72 Å². The predicted octanol–water partition coefficient (Wildman–Crippen LogP) is 0.0284. The second kappa shape index (κ2) is 3.26. The van der Waals surface area contributed by atoms with Crippen LogP contribution in [0.1, 0.15) is 12.8 Å². The lowest BCUT2D eigenvalue weighted by Crippen LogP contribution is -2.27. The van der Waals surface area contributed by atoms with Crippen molar-refractivity contribution in [2.24, 2.45) is 5.92 Å². The van der Waals surface area contributed by atoms with Gasteiger partial charge in [-0.05, 0) is 18.8 Å². The fraction of sp³-hybridized carbons (Fsp3) is 0.571. The second-order valence-corrected chi connectivity index (χ2v) is 4.68. The Morgan fingerprint density at radius 2 is 2.08 bits per heavy atom. The van der Waals surface area contributed by atoms with Gasteiger partial charge in [0.2, 0.25) is 10.0 Å². The summed E-state index contributed by atoms with van der Waals surface area (Å²) in [6.07, 6.45) is 6.17. The molecule has 0 aromatic heterocycles. The van der Waals surface area contributed by atoms with Crippen molar-refractivity contribution in [3.63, 3.8) is 0 Å². The maximum atomic E-state index is 10.8. The molecule has 0 spiro atoms. The molecule has 0 radical (unpaired) electrons. The van der Waals surface area contributed by atoms with Crippen molar-refractivity contribution in [3.05, 3.63) is 12.2 Å². The Morgan fingerprint density at radius 3 is 2.50 bits per heavy atom. The molecule has 0 heterocycles. The molecule has 0 aromatic carbocycles. The van der Waals surface area contributed by atoms with Crippen molar-refractivity contribution in [1.29, 1.82) is 0 Å². The molecule has 0 atom stereocenters. The molecule has 1 aliphatic rings. The zero-order valence-corrected chi connectivity index (χ0v) is 7.60. The Morgan fingerprint density at radius 1 is 1.50 bits per heavy atom. The number of rotatable bonds is 3. The summed E-state index contributed by atoms with van der Waals surface area (Å²) in [6, 6.07) is 0. The van der Waals surface area contributed by atoms with Gasteiger partial charge in [0, 0.05) is 6.08 Å². The number of hydrogen-bond acceptors (Lipinski definition) is 3. The van der Waals surface area contributed by atoms with Crippen molar-refractivity contribution in [2.45, 2.75) is 12.8 Å². The van der Waals surface area contributed by atoms with Gasteiger partial charge < -0.3 is 0 Å². The van der Waals surface area contributed by atoms with Gasteiger partial charge >= 0.3 is 0 Å². The van der Waals surface area contributed by atoms with Crippen LogP contribution in [-0.2, 0) is 14.8 Å². The van der Waals surface area contributed by atoms with Gasteiger partial charge in [-0.25, -0.2) is 13.1 Å². The van der Waals surface area contributed by atoms with E-state index in [-0.39, 0.29) is 0 Å². The van der Waals surface area contributed by atoms with E-state index >= 15 is 0 Å². The highest BCUT2D eigenvalue weighted by molar-refractivity contribution is 7.89. The third-order valence-electron chi connectivity index (χ3n) is 1.43. The summed E-state index contributed by atoms with van der Waals surface area (Å²) in [4.78, 5) is 10.8. The summed E-state index contributed by atoms with van der Waals surface area (Å²) in [6.45, 7) is 0. The summed E-state index contributed by atoms with van der Waals surface area (Å²) < 4.78 is 22.9. The van der Waals surface area contributed by atoms with E-state index in [1.54, 1.807) is 6.08 Å². The molecule has 5 heteroatoms. The maximum absolute atomic E-state index is 10.8. The lowest BCUT2D eigenvalue weighted by molar-refractivity contribution is -0.114.